The Labute approximate surface area is 290 Å². The second-order valence-corrected chi connectivity index (χ2v) is 16.7. The molecule has 0 unspecified atom stereocenters. The molecule has 5 heteroatoms. The number of para-hydroxylation sites is 2. The zero-order valence-electron chi connectivity index (χ0n) is 25.5. The SMILES string of the molecule is Clc1cc2c(Br)c(c1)N(c1ccccc1)c1cccc(c1)[Si](c1ccccc1)(c1ccccc1)c1cccc(c1)N2c1ccccc1. The van der Waals surface area contributed by atoms with Crippen LogP contribution in [-0.2, 0) is 0 Å². The molecule has 1 aliphatic rings. The first-order valence-corrected chi connectivity index (χ1v) is 18.8. The fourth-order valence-corrected chi connectivity index (χ4v) is 12.6. The van der Waals surface area contributed by atoms with Gasteiger partial charge in [0, 0.05) is 27.8 Å². The van der Waals surface area contributed by atoms with Crippen LogP contribution in [0.4, 0.5) is 34.1 Å². The van der Waals surface area contributed by atoms with Gasteiger partial charge in [-0.3, -0.25) is 0 Å². The summed E-state index contributed by atoms with van der Waals surface area (Å²) >= 11 is 11.1. The van der Waals surface area contributed by atoms with E-state index in [1.54, 1.807) is 0 Å². The molecule has 1 heterocycles. The molecule has 7 aromatic carbocycles. The summed E-state index contributed by atoms with van der Waals surface area (Å²) in [6, 6.07) is 65.6. The van der Waals surface area contributed by atoms with Gasteiger partial charge in [-0.05, 0) is 97.3 Å². The fourth-order valence-electron chi connectivity index (χ4n) is 7.03. The highest BCUT2D eigenvalue weighted by molar-refractivity contribution is 9.10. The number of rotatable bonds is 4. The molecule has 0 saturated carbocycles. The van der Waals surface area contributed by atoms with E-state index in [-0.39, 0.29) is 0 Å². The number of halogens is 2. The van der Waals surface area contributed by atoms with Gasteiger partial charge < -0.3 is 9.80 Å². The molecule has 2 nitrogen and oxygen atoms in total. The maximum Gasteiger partial charge on any atom is 0.179 e. The summed E-state index contributed by atoms with van der Waals surface area (Å²) in [6.07, 6.45) is 0. The second-order valence-electron chi connectivity index (χ2n) is 11.7. The van der Waals surface area contributed by atoms with Crippen molar-refractivity contribution in [3.8, 4) is 0 Å². The van der Waals surface area contributed by atoms with Crippen molar-refractivity contribution < 1.29 is 0 Å². The first kappa shape index (κ1) is 29.5. The minimum Gasteiger partial charge on any atom is -0.309 e. The van der Waals surface area contributed by atoms with Gasteiger partial charge in [-0.1, -0.05) is 133 Å². The fraction of sp³-hybridized carbons (Fsp3) is 0. The average Bonchev–Trinajstić information content (AvgIpc) is 3.13. The van der Waals surface area contributed by atoms with Gasteiger partial charge in [0.25, 0.3) is 0 Å². The van der Waals surface area contributed by atoms with Crippen LogP contribution < -0.4 is 30.5 Å². The third kappa shape index (κ3) is 5.10. The van der Waals surface area contributed by atoms with Gasteiger partial charge in [-0.15, -0.1) is 0 Å². The zero-order chi connectivity index (χ0) is 31.8. The molecule has 47 heavy (non-hydrogen) atoms. The quantitative estimate of drug-likeness (QED) is 0.168. The summed E-state index contributed by atoms with van der Waals surface area (Å²) in [7, 11) is -2.85. The molecule has 0 amide bonds. The lowest BCUT2D eigenvalue weighted by atomic mass is 10.1. The standard InChI is InChI=1S/C42H30BrClN2Si/c43-42-40-27-31(44)28-41(42)46(33-17-7-2-8-18-33)35-20-14-26-39(30-35)47(36-21-9-3-10-22-36,37-23-11-4-12-24-37)38-25-13-19-34(29-38)45(40)32-15-5-1-6-16-32/h1-30H. The maximum atomic E-state index is 7.04. The summed E-state index contributed by atoms with van der Waals surface area (Å²) in [5, 5.41) is 5.92. The summed E-state index contributed by atoms with van der Waals surface area (Å²) in [6.45, 7) is 0. The molecule has 0 aromatic heterocycles. The highest BCUT2D eigenvalue weighted by Gasteiger charge is 2.42. The Balaban J connectivity index is 1.56. The topological polar surface area (TPSA) is 6.48 Å². The van der Waals surface area contributed by atoms with Crippen LogP contribution in [0.15, 0.2) is 186 Å². The van der Waals surface area contributed by atoms with E-state index in [1.807, 2.05) is 0 Å². The maximum absolute atomic E-state index is 7.04. The van der Waals surface area contributed by atoms with Crippen LogP contribution in [0.3, 0.4) is 0 Å². The Morgan fingerprint density at radius 2 is 0.723 bits per heavy atom. The number of hydrogen-bond acceptors (Lipinski definition) is 2. The Bertz CT molecular complexity index is 2020. The van der Waals surface area contributed by atoms with E-state index in [0.717, 1.165) is 38.6 Å². The van der Waals surface area contributed by atoms with Crippen LogP contribution in [0.5, 0.6) is 0 Å². The van der Waals surface area contributed by atoms with Crippen LogP contribution in [0, 0.1) is 0 Å². The van der Waals surface area contributed by atoms with Crippen molar-refractivity contribution in [2.75, 3.05) is 9.80 Å². The Morgan fingerprint density at radius 1 is 0.383 bits per heavy atom. The van der Waals surface area contributed by atoms with Gasteiger partial charge in [0.15, 0.2) is 8.07 Å². The lowest BCUT2D eigenvalue weighted by molar-refractivity contribution is 1.23. The molecule has 1 aliphatic heterocycles. The molecule has 226 valence electrons. The number of benzene rings is 7. The number of anilines is 6. The van der Waals surface area contributed by atoms with Crippen LogP contribution in [0.25, 0.3) is 0 Å². The van der Waals surface area contributed by atoms with Gasteiger partial charge in [0.2, 0.25) is 0 Å². The van der Waals surface area contributed by atoms with Crippen LogP contribution in [0.1, 0.15) is 0 Å². The van der Waals surface area contributed by atoms with Crippen molar-refractivity contribution in [3.05, 3.63) is 191 Å². The lowest BCUT2D eigenvalue weighted by Crippen LogP contribution is -2.74. The highest BCUT2D eigenvalue weighted by atomic mass is 79.9. The molecule has 0 radical (unpaired) electrons. The summed E-state index contributed by atoms with van der Waals surface area (Å²) in [4.78, 5) is 4.63. The predicted molar refractivity (Wildman–Crippen MR) is 206 cm³/mol. The molecule has 8 rings (SSSR count). The van der Waals surface area contributed by atoms with Gasteiger partial charge >= 0.3 is 0 Å². The highest BCUT2D eigenvalue weighted by Crippen LogP contribution is 2.48. The van der Waals surface area contributed by atoms with E-state index in [4.69, 9.17) is 11.6 Å². The minimum atomic E-state index is -2.85. The Hall–Kier alpha value is -4.87. The number of fused-ring (bicyclic) bond motifs is 6. The van der Waals surface area contributed by atoms with Gasteiger partial charge in [0.05, 0.1) is 15.8 Å². The minimum absolute atomic E-state index is 0.654. The Kier molecular flexibility index (Phi) is 7.78. The van der Waals surface area contributed by atoms with E-state index >= 15 is 0 Å². The Morgan fingerprint density at radius 3 is 1.13 bits per heavy atom. The van der Waals surface area contributed by atoms with Crippen molar-refractivity contribution >= 4 is 90.5 Å². The van der Waals surface area contributed by atoms with E-state index in [9.17, 15) is 0 Å². The number of nitrogens with zero attached hydrogens (tertiary/aromatic N) is 2. The van der Waals surface area contributed by atoms with E-state index < -0.39 is 8.07 Å². The molecular formula is C42H30BrClN2Si. The van der Waals surface area contributed by atoms with Crippen LogP contribution in [0.2, 0.25) is 5.02 Å². The van der Waals surface area contributed by atoms with Gasteiger partial charge in [-0.25, -0.2) is 0 Å². The van der Waals surface area contributed by atoms with Crippen molar-refractivity contribution in [2.45, 2.75) is 0 Å². The monoisotopic (exact) mass is 704 g/mol. The lowest BCUT2D eigenvalue weighted by Gasteiger charge is -2.38. The van der Waals surface area contributed by atoms with E-state index in [1.165, 1.54) is 20.7 Å². The van der Waals surface area contributed by atoms with Gasteiger partial charge in [-0.2, -0.15) is 0 Å². The summed E-state index contributed by atoms with van der Waals surface area (Å²) in [5.41, 5.74) is 6.14. The molecule has 0 aliphatic carbocycles. The molecule has 7 aromatic rings. The summed E-state index contributed by atoms with van der Waals surface area (Å²) < 4.78 is 0.945. The zero-order valence-corrected chi connectivity index (χ0v) is 28.8. The van der Waals surface area contributed by atoms with E-state index in [2.05, 4.69) is 208 Å². The third-order valence-electron chi connectivity index (χ3n) is 9.00. The van der Waals surface area contributed by atoms with Crippen molar-refractivity contribution in [1.29, 1.82) is 0 Å². The molecule has 0 fully saturated rings. The second kappa shape index (κ2) is 12.4. The first-order chi connectivity index (χ1) is 23.1. The van der Waals surface area contributed by atoms with Crippen LogP contribution in [-0.4, -0.2) is 8.07 Å². The van der Waals surface area contributed by atoms with Crippen molar-refractivity contribution in [3.63, 3.8) is 0 Å². The predicted octanol–water partition coefficient (Wildman–Crippen LogP) is 9.73. The van der Waals surface area contributed by atoms with Crippen LogP contribution >= 0.6 is 27.5 Å². The third-order valence-corrected chi connectivity index (χ3v) is 14.8. The first-order valence-electron chi connectivity index (χ1n) is 15.7. The summed E-state index contributed by atoms with van der Waals surface area (Å²) in [5.74, 6) is 0. The molecular weight excluding hydrogens is 676 g/mol. The average molecular weight is 706 g/mol. The van der Waals surface area contributed by atoms with Gasteiger partial charge in [0.1, 0.15) is 0 Å². The molecule has 0 saturated heterocycles. The van der Waals surface area contributed by atoms with E-state index in [0.29, 0.717) is 5.02 Å². The molecule has 0 spiro atoms. The molecule has 0 N–H and O–H groups in total. The normalized spacial score (nSPS) is 13.4. The van der Waals surface area contributed by atoms with Crippen molar-refractivity contribution in [1.82, 2.24) is 0 Å². The molecule has 6 bridgehead atoms. The smallest absolute Gasteiger partial charge is 0.179 e. The number of hydrogen-bond donors (Lipinski definition) is 0. The largest absolute Gasteiger partial charge is 0.309 e. The van der Waals surface area contributed by atoms with Crippen molar-refractivity contribution in [2.24, 2.45) is 0 Å². The molecule has 0 atom stereocenters.